The predicted molar refractivity (Wildman–Crippen MR) is 58.2 cm³/mol. The van der Waals surface area contributed by atoms with E-state index in [0.29, 0.717) is 6.04 Å². The molecule has 1 aliphatic rings. The summed E-state index contributed by atoms with van der Waals surface area (Å²) in [5, 5.41) is 0. The molecule has 0 radical (unpaired) electrons. The summed E-state index contributed by atoms with van der Waals surface area (Å²) in [6.07, 6.45) is 1.88. The molecule has 0 aliphatic carbocycles. The molecule has 68 valence electrons. The van der Waals surface area contributed by atoms with Crippen LogP contribution in [-0.2, 0) is 0 Å². The van der Waals surface area contributed by atoms with Gasteiger partial charge >= 0.3 is 0 Å². The van der Waals surface area contributed by atoms with Gasteiger partial charge in [-0.1, -0.05) is 30.3 Å². The van der Waals surface area contributed by atoms with E-state index < -0.39 is 0 Å². The Bertz CT molecular complexity index is 297. The van der Waals surface area contributed by atoms with Crippen molar-refractivity contribution >= 4 is 19.0 Å². The van der Waals surface area contributed by atoms with E-state index in [-0.39, 0.29) is 0 Å². The Hall–Kier alpha value is -0.960. The zero-order chi connectivity index (χ0) is 9.10. The summed E-state index contributed by atoms with van der Waals surface area (Å²) in [7, 11) is 0. The lowest BCUT2D eigenvalue weighted by Gasteiger charge is -2.21. The van der Waals surface area contributed by atoms with Gasteiger partial charge < -0.3 is 4.90 Å². The summed E-state index contributed by atoms with van der Waals surface area (Å²) < 4.78 is 0. The van der Waals surface area contributed by atoms with E-state index in [4.69, 9.17) is 0 Å². The average molecular weight is 192 g/mol. The van der Waals surface area contributed by atoms with Crippen LogP contribution in [0.15, 0.2) is 35.3 Å². The molecule has 13 heavy (non-hydrogen) atoms. The first-order valence-corrected chi connectivity index (χ1v) is 4.96. The van der Waals surface area contributed by atoms with Crippen LogP contribution in [0.2, 0.25) is 0 Å². The van der Waals surface area contributed by atoms with Gasteiger partial charge in [0.05, 0.1) is 24.8 Å². The highest BCUT2D eigenvalue weighted by atomic mass is 32.1. The Balaban J connectivity index is 2.18. The van der Waals surface area contributed by atoms with Crippen LogP contribution in [0.1, 0.15) is 11.6 Å². The summed E-state index contributed by atoms with van der Waals surface area (Å²) in [4.78, 5) is 6.38. The molecule has 0 amide bonds. The van der Waals surface area contributed by atoms with Crippen LogP contribution in [0.25, 0.3) is 0 Å². The van der Waals surface area contributed by atoms with E-state index in [0.717, 1.165) is 12.4 Å². The fourth-order valence-electron chi connectivity index (χ4n) is 1.54. The second-order valence-electron chi connectivity index (χ2n) is 3.06. The standard InChI is InChI=1S/C10H12N2S/c13-8-12-7-11-6-10(12)9-4-2-1-3-5-9/h1-5,7,10,13H,6,8H2. The van der Waals surface area contributed by atoms with E-state index in [9.17, 15) is 0 Å². The fourth-order valence-corrected chi connectivity index (χ4v) is 1.81. The third-order valence-electron chi connectivity index (χ3n) is 2.26. The third kappa shape index (κ3) is 1.70. The smallest absolute Gasteiger partial charge is 0.0863 e. The second kappa shape index (κ2) is 3.83. The average Bonchev–Trinajstić information content (AvgIpc) is 2.67. The van der Waals surface area contributed by atoms with Crippen molar-refractivity contribution in [2.24, 2.45) is 4.99 Å². The minimum Gasteiger partial charge on any atom is -0.345 e. The molecule has 1 unspecified atom stereocenters. The van der Waals surface area contributed by atoms with Gasteiger partial charge in [0.25, 0.3) is 0 Å². The Morgan fingerprint density at radius 1 is 1.38 bits per heavy atom. The monoisotopic (exact) mass is 192 g/mol. The van der Waals surface area contributed by atoms with E-state index in [1.165, 1.54) is 5.56 Å². The van der Waals surface area contributed by atoms with Crippen LogP contribution in [0.4, 0.5) is 0 Å². The molecule has 0 bridgehead atoms. The molecule has 0 saturated carbocycles. The minimum absolute atomic E-state index is 0.388. The fraction of sp³-hybridized carbons (Fsp3) is 0.300. The van der Waals surface area contributed by atoms with Gasteiger partial charge in [-0.25, -0.2) is 0 Å². The van der Waals surface area contributed by atoms with Crippen molar-refractivity contribution in [1.82, 2.24) is 4.90 Å². The van der Waals surface area contributed by atoms with Gasteiger partial charge in [0, 0.05) is 0 Å². The maximum Gasteiger partial charge on any atom is 0.0863 e. The van der Waals surface area contributed by atoms with Crippen molar-refractivity contribution in [2.75, 3.05) is 12.4 Å². The quantitative estimate of drug-likeness (QED) is 0.708. The molecule has 1 atom stereocenters. The SMILES string of the molecule is SCN1C=NCC1c1ccccc1. The number of nitrogens with zero attached hydrogens (tertiary/aromatic N) is 2. The first-order valence-electron chi connectivity index (χ1n) is 4.33. The molecule has 1 aliphatic heterocycles. The number of hydrogen-bond acceptors (Lipinski definition) is 3. The maximum atomic E-state index is 4.26. The summed E-state index contributed by atoms with van der Waals surface area (Å²) in [5.74, 6) is 0.725. The van der Waals surface area contributed by atoms with E-state index in [1.54, 1.807) is 0 Å². The molecule has 2 nitrogen and oxygen atoms in total. The molecule has 0 aromatic heterocycles. The number of thiol groups is 1. The Kier molecular flexibility index (Phi) is 2.54. The van der Waals surface area contributed by atoms with Crippen LogP contribution < -0.4 is 0 Å². The van der Waals surface area contributed by atoms with Gasteiger partial charge in [0.2, 0.25) is 0 Å². The van der Waals surface area contributed by atoms with E-state index >= 15 is 0 Å². The first-order chi connectivity index (χ1) is 6.42. The van der Waals surface area contributed by atoms with Crippen LogP contribution in [-0.4, -0.2) is 23.7 Å². The molecule has 0 fully saturated rings. The molecule has 1 heterocycles. The minimum atomic E-state index is 0.388. The molecule has 0 saturated heterocycles. The highest BCUT2D eigenvalue weighted by molar-refractivity contribution is 7.80. The molecular weight excluding hydrogens is 180 g/mol. The molecule has 3 heteroatoms. The normalized spacial score (nSPS) is 21.0. The van der Waals surface area contributed by atoms with Crippen LogP contribution in [0.5, 0.6) is 0 Å². The zero-order valence-electron chi connectivity index (χ0n) is 7.30. The largest absolute Gasteiger partial charge is 0.345 e. The van der Waals surface area contributed by atoms with Crippen LogP contribution >= 0.6 is 12.6 Å². The van der Waals surface area contributed by atoms with Crippen molar-refractivity contribution in [3.63, 3.8) is 0 Å². The molecule has 2 rings (SSSR count). The lowest BCUT2D eigenvalue weighted by molar-refractivity contribution is 0.413. The second-order valence-corrected chi connectivity index (χ2v) is 3.35. The van der Waals surface area contributed by atoms with Crippen molar-refractivity contribution in [2.45, 2.75) is 6.04 Å². The number of hydrogen-bond donors (Lipinski definition) is 1. The van der Waals surface area contributed by atoms with Gasteiger partial charge in [-0.15, -0.1) is 0 Å². The molecule has 0 N–H and O–H groups in total. The molecule has 1 aromatic carbocycles. The van der Waals surface area contributed by atoms with Crippen molar-refractivity contribution < 1.29 is 0 Å². The van der Waals surface area contributed by atoms with Crippen molar-refractivity contribution in [3.8, 4) is 0 Å². The Labute approximate surface area is 83.7 Å². The van der Waals surface area contributed by atoms with Gasteiger partial charge in [0.1, 0.15) is 0 Å². The van der Waals surface area contributed by atoms with E-state index in [2.05, 4.69) is 46.8 Å². The number of aliphatic imine (C=N–C) groups is 1. The van der Waals surface area contributed by atoms with Gasteiger partial charge in [-0.3, -0.25) is 4.99 Å². The van der Waals surface area contributed by atoms with Crippen LogP contribution in [0, 0.1) is 0 Å². The Morgan fingerprint density at radius 3 is 2.85 bits per heavy atom. The first kappa shape index (κ1) is 8.63. The lowest BCUT2D eigenvalue weighted by Crippen LogP contribution is -2.22. The highest BCUT2D eigenvalue weighted by Crippen LogP contribution is 2.23. The highest BCUT2D eigenvalue weighted by Gasteiger charge is 2.20. The van der Waals surface area contributed by atoms with Gasteiger partial charge in [-0.2, -0.15) is 12.6 Å². The topological polar surface area (TPSA) is 15.6 Å². The predicted octanol–water partition coefficient (Wildman–Crippen LogP) is 1.96. The Morgan fingerprint density at radius 2 is 2.15 bits per heavy atom. The molecule has 1 aromatic rings. The zero-order valence-corrected chi connectivity index (χ0v) is 8.19. The number of benzene rings is 1. The van der Waals surface area contributed by atoms with Crippen molar-refractivity contribution in [1.29, 1.82) is 0 Å². The van der Waals surface area contributed by atoms with Crippen LogP contribution in [0.3, 0.4) is 0 Å². The number of rotatable bonds is 2. The van der Waals surface area contributed by atoms with Crippen molar-refractivity contribution in [3.05, 3.63) is 35.9 Å². The third-order valence-corrected chi connectivity index (χ3v) is 2.58. The lowest BCUT2D eigenvalue weighted by atomic mass is 10.1. The summed E-state index contributed by atoms with van der Waals surface area (Å²) >= 11 is 4.26. The van der Waals surface area contributed by atoms with Gasteiger partial charge in [0.15, 0.2) is 0 Å². The molecular formula is C10H12N2S. The maximum absolute atomic E-state index is 4.26. The summed E-state index contributed by atoms with van der Waals surface area (Å²) in [6.45, 7) is 0.852. The summed E-state index contributed by atoms with van der Waals surface area (Å²) in [5.41, 5.74) is 1.31. The molecule has 0 spiro atoms. The van der Waals surface area contributed by atoms with Gasteiger partial charge in [-0.05, 0) is 5.56 Å². The van der Waals surface area contributed by atoms with E-state index in [1.807, 2.05) is 12.4 Å². The summed E-state index contributed by atoms with van der Waals surface area (Å²) in [6, 6.07) is 10.8.